The standard InChI is InChI=1S/C17H16FN3O2S/c18-13-5-2-1-4-12(13)9-10-19-15(22)7-8-16-20-17(21-23-16)14-6-3-11-24-14/h1-6,11H,7-10H2,(H,19,22). The molecule has 0 radical (unpaired) electrons. The minimum Gasteiger partial charge on any atom is -0.356 e. The van der Waals surface area contributed by atoms with Crippen LogP contribution in [-0.2, 0) is 17.6 Å². The number of amides is 1. The van der Waals surface area contributed by atoms with Crippen LogP contribution in [0.2, 0.25) is 0 Å². The van der Waals surface area contributed by atoms with Crippen molar-refractivity contribution in [2.75, 3.05) is 6.54 Å². The number of rotatable bonds is 7. The average molecular weight is 345 g/mol. The highest BCUT2D eigenvalue weighted by molar-refractivity contribution is 7.13. The Bertz CT molecular complexity index is 802. The lowest BCUT2D eigenvalue weighted by atomic mass is 10.1. The molecule has 2 aromatic heterocycles. The number of benzene rings is 1. The fraction of sp³-hybridized carbons (Fsp3) is 0.235. The number of nitrogens with one attached hydrogen (secondary N) is 1. The molecule has 7 heteroatoms. The van der Waals surface area contributed by atoms with E-state index in [-0.39, 0.29) is 18.1 Å². The van der Waals surface area contributed by atoms with Gasteiger partial charge in [0.1, 0.15) is 5.82 Å². The Labute approximate surface area is 142 Å². The first-order chi connectivity index (χ1) is 11.7. The fourth-order valence-electron chi connectivity index (χ4n) is 2.21. The number of carbonyl (C=O) groups is 1. The highest BCUT2D eigenvalue weighted by Gasteiger charge is 2.11. The third kappa shape index (κ3) is 4.26. The van der Waals surface area contributed by atoms with Crippen LogP contribution in [0.1, 0.15) is 17.9 Å². The number of carbonyl (C=O) groups excluding carboxylic acids is 1. The summed E-state index contributed by atoms with van der Waals surface area (Å²) < 4.78 is 18.6. The summed E-state index contributed by atoms with van der Waals surface area (Å²) >= 11 is 1.53. The third-order valence-electron chi connectivity index (χ3n) is 3.45. The molecule has 1 amide bonds. The first kappa shape index (κ1) is 16.3. The van der Waals surface area contributed by atoms with Crippen molar-refractivity contribution >= 4 is 17.2 Å². The van der Waals surface area contributed by atoms with E-state index < -0.39 is 0 Å². The molecule has 2 heterocycles. The highest BCUT2D eigenvalue weighted by atomic mass is 32.1. The van der Waals surface area contributed by atoms with Crippen molar-refractivity contribution in [2.45, 2.75) is 19.3 Å². The molecule has 0 aliphatic heterocycles. The Kier molecular flexibility index (Phi) is 5.32. The highest BCUT2D eigenvalue weighted by Crippen LogP contribution is 2.21. The number of halogens is 1. The van der Waals surface area contributed by atoms with Crippen LogP contribution in [0.3, 0.4) is 0 Å². The Morgan fingerprint density at radius 1 is 1.21 bits per heavy atom. The zero-order chi connectivity index (χ0) is 16.8. The number of thiophene rings is 1. The Balaban J connectivity index is 1.42. The summed E-state index contributed by atoms with van der Waals surface area (Å²) in [6.45, 7) is 0.393. The Morgan fingerprint density at radius 3 is 2.88 bits per heavy atom. The maximum absolute atomic E-state index is 13.5. The second kappa shape index (κ2) is 7.83. The second-order valence-electron chi connectivity index (χ2n) is 5.18. The van der Waals surface area contributed by atoms with Gasteiger partial charge in [-0.25, -0.2) is 4.39 Å². The molecule has 0 atom stereocenters. The molecule has 1 aromatic carbocycles. The van der Waals surface area contributed by atoms with E-state index in [1.54, 1.807) is 18.2 Å². The van der Waals surface area contributed by atoms with E-state index in [0.29, 0.717) is 36.7 Å². The summed E-state index contributed by atoms with van der Waals surface area (Å²) in [6, 6.07) is 10.4. The molecule has 0 saturated carbocycles. The molecule has 0 saturated heterocycles. The summed E-state index contributed by atoms with van der Waals surface area (Å²) in [7, 11) is 0. The zero-order valence-corrected chi connectivity index (χ0v) is 13.7. The van der Waals surface area contributed by atoms with E-state index in [0.717, 1.165) is 4.88 Å². The van der Waals surface area contributed by atoms with E-state index in [2.05, 4.69) is 15.5 Å². The molecule has 0 fully saturated rings. The van der Waals surface area contributed by atoms with Gasteiger partial charge in [-0.05, 0) is 29.5 Å². The molecule has 0 spiro atoms. The number of aromatic nitrogens is 2. The van der Waals surface area contributed by atoms with E-state index in [4.69, 9.17) is 4.52 Å². The van der Waals surface area contributed by atoms with Crippen LogP contribution in [0.5, 0.6) is 0 Å². The number of hydrogen-bond donors (Lipinski definition) is 1. The van der Waals surface area contributed by atoms with Gasteiger partial charge in [0.15, 0.2) is 0 Å². The lowest BCUT2D eigenvalue weighted by Crippen LogP contribution is -2.26. The van der Waals surface area contributed by atoms with Crippen molar-refractivity contribution in [3.05, 3.63) is 59.0 Å². The van der Waals surface area contributed by atoms with Gasteiger partial charge in [-0.3, -0.25) is 4.79 Å². The van der Waals surface area contributed by atoms with Crippen LogP contribution in [0.15, 0.2) is 46.3 Å². The van der Waals surface area contributed by atoms with E-state index >= 15 is 0 Å². The number of hydrogen-bond acceptors (Lipinski definition) is 5. The van der Waals surface area contributed by atoms with Crippen LogP contribution in [-0.4, -0.2) is 22.6 Å². The summed E-state index contributed by atoms with van der Waals surface area (Å²) in [5.74, 6) is 0.601. The zero-order valence-electron chi connectivity index (χ0n) is 12.9. The van der Waals surface area contributed by atoms with Crippen LogP contribution in [0.25, 0.3) is 10.7 Å². The maximum atomic E-state index is 13.5. The second-order valence-corrected chi connectivity index (χ2v) is 6.13. The summed E-state index contributed by atoms with van der Waals surface area (Å²) in [5.41, 5.74) is 0.593. The van der Waals surface area contributed by atoms with E-state index in [1.807, 2.05) is 17.5 Å². The van der Waals surface area contributed by atoms with Gasteiger partial charge in [0.25, 0.3) is 0 Å². The molecule has 1 N–H and O–H groups in total. The Morgan fingerprint density at radius 2 is 2.08 bits per heavy atom. The molecular weight excluding hydrogens is 329 g/mol. The van der Waals surface area contributed by atoms with Crippen molar-refractivity contribution in [1.29, 1.82) is 0 Å². The smallest absolute Gasteiger partial charge is 0.227 e. The molecule has 24 heavy (non-hydrogen) atoms. The van der Waals surface area contributed by atoms with Gasteiger partial charge >= 0.3 is 0 Å². The summed E-state index contributed by atoms with van der Waals surface area (Å²) in [6.07, 6.45) is 1.09. The molecular formula is C17H16FN3O2S. The SMILES string of the molecule is O=C(CCc1nc(-c2cccs2)no1)NCCc1ccccc1F. The average Bonchev–Trinajstić information content (AvgIpc) is 3.26. The minimum absolute atomic E-state index is 0.123. The summed E-state index contributed by atoms with van der Waals surface area (Å²) in [4.78, 5) is 17.0. The lowest BCUT2D eigenvalue weighted by molar-refractivity contribution is -0.121. The lowest BCUT2D eigenvalue weighted by Gasteiger charge is -2.05. The van der Waals surface area contributed by atoms with Gasteiger partial charge in [-0.15, -0.1) is 11.3 Å². The topological polar surface area (TPSA) is 68.0 Å². The van der Waals surface area contributed by atoms with Gasteiger partial charge in [0.2, 0.25) is 17.6 Å². The van der Waals surface area contributed by atoms with Crippen LogP contribution in [0.4, 0.5) is 4.39 Å². The Hall–Kier alpha value is -2.54. The summed E-state index contributed by atoms with van der Waals surface area (Å²) in [5, 5.41) is 8.61. The normalized spacial score (nSPS) is 10.7. The van der Waals surface area contributed by atoms with Crippen molar-refractivity contribution in [3.63, 3.8) is 0 Å². The largest absolute Gasteiger partial charge is 0.356 e. The van der Waals surface area contributed by atoms with Gasteiger partial charge in [0, 0.05) is 19.4 Å². The molecule has 3 aromatic rings. The molecule has 0 aliphatic rings. The predicted octanol–water partition coefficient (Wildman–Crippen LogP) is 3.23. The van der Waals surface area contributed by atoms with Gasteiger partial charge in [0.05, 0.1) is 4.88 Å². The molecule has 0 unspecified atom stereocenters. The third-order valence-corrected chi connectivity index (χ3v) is 4.32. The van der Waals surface area contributed by atoms with Crippen molar-refractivity contribution < 1.29 is 13.7 Å². The molecule has 3 rings (SSSR count). The van der Waals surface area contributed by atoms with Crippen LogP contribution >= 0.6 is 11.3 Å². The van der Waals surface area contributed by atoms with Gasteiger partial charge < -0.3 is 9.84 Å². The van der Waals surface area contributed by atoms with Gasteiger partial charge in [-0.2, -0.15) is 4.98 Å². The van der Waals surface area contributed by atoms with Crippen molar-refractivity contribution in [3.8, 4) is 10.7 Å². The fourth-order valence-corrected chi connectivity index (χ4v) is 2.86. The maximum Gasteiger partial charge on any atom is 0.227 e. The van der Waals surface area contributed by atoms with Crippen LogP contribution < -0.4 is 5.32 Å². The first-order valence-electron chi connectivity index (χ1n) is 7.59. The van der Waals surface area contributed by atoms with Crippen molar-refractivity contribution in [2.24, 2.45) is 0 Å². The molecule has 124 valence electrons. The number of aryl methyl sites for hydroxylation is 1. The number of nitrogens with zero attached hydrogens (tertiary/aromatic N) is 2. The molecule has 5 nitrogen and oxygen atoms in total. The van der Waals surface area contributed by atoms with E-state index in [9.17, 15) is 9.18 Å². The predicted molar refractivity (Wildman–Crippen MR) is 89.0 cm³/mol. The van der Waals surface area contributed by atoms with Crippen molar-refractivity contribution in [1.82, 2.24) is 15.5 Å². The molecule has 0 bridgehead atoms. The molecule has 0 aliphatic carbocycles. The van der Waals surface area contributed by atoms with Gasteiger partial charge in [-0.1, -0.05) is 29.4 Å². The minimum atomic E-state index is -0.251. The van der Waals surface area contributed by atoms with Crippen LogP contribution in [0, 0.1) is 5.82 Å². The first-order valence-corrected chi connectivity index (χ1v) is 8.47. The monoisotopic (exact) mass is 345 g/mol. The quantitative estimate of drug-likeness (QED) is 0.714. The van der Waals surface area contributed by atoms with E-state index in [1.165, 1.54) is 17.4 Å².